The number of amides is 1. The van der Waals surface area contributed by atoms with Crippen molar-refractivity contribution in [2.45, 2.75) is 87.8 Å². The Balaban J connectivity index is 0.000000205. The topological polar surface area (TPSA) is 142 Å². The first-order valence-electron chi connectivity index (χ1n) is 17.6. The van der Waals surface area contributed by atoms with Crippen molar-refractivity contribution in [3.05, 3.63) is 73.3 Å². The lowest BCUT2D eigenvalue weighted by Gasteiger charge is -2.36. The summed E-state index contributed by atoms with van der Waals surface area (Å²) in [6.45, 7) is 12.8. The standard InChI is InChI=1S/C21H29N3O4S.C16H21N3O2S/c1-16-15-23(20(25)28-21(2,3)4)11-5-6-12-24(16)29(26,27)19-8-7-18-14-22-10-9-17(18)13-19;1-13-11-17-7-2-3-9-19(13)22(20,21)16-5-4-15-12-18-8-6-14(15)10-16/h7-10,13-14,16H,5-6,11-12,15H2,1-4H3;4-6,8,10,12-13,17H,2-3,7,9,11H2,1H3/t16-;13-/m11/s1. The summed E-state index contributed by atoms with van der Waals surface area (Å²) in [5, 5.41) is 6.87. The molecule has 0 spiro atoms. The molecule has 0 bridgehead atoms. The van der Waals surface area contributed by atoms with Crippen molar-refractivity contribution in [1.29, 1.82) is 0 Å². The Morgan fingerprint density at radius 3 is 1.78 bits per heavy atom. The number of hydrogen-bond donors (Lipinski definition) is 1. The van der Waals surface area contributed by atoms with E-state index in [0.717, 1.165) is 47.4 Å². The van der Waals surface area contributed by atoms with Gasteiger partial charge in [-0.1, -0.05) is 12.1 Å². The van der Waals surface area contributed by atoms with E-state index in [9.17, 15) is 21.6 Å². The normalized spacial score (nSPS) is 20.4. The highest BCUT2D eigenvalue weighted by molar-refractivity contribution is 7.89. The summed E-state index contributed by atoms with van der Waals surface area (Å²) >= 11 is 0. The lowest BCUT2D eigenvalue weighted by Crippen LogP contribution is -2.50. The van der Waals surface area contributed by atoms with E-state index in [1.807, 2.05) is 46.8 Å². The Kier molecular flexibility index (Phi) is 12.3. The fraction of sp³-hybridized carbons (Fsp3) is 0.486. The number of pyridine rings is 2. The van der Waals surface area contributed by atoms with E-state index in [1.54, 1.807) is 70.4 Å². The van der Waals surface area contributed by atoms with Gasteiger partial charge in [0.25, 0.3) is 0 Å². The second-order valence-corrected chi connectivity index (χ2v) is 18.0. The predicted molar refractivity (Wildman–Crippen MR) is 199 cm³/mol. The third kappa shape index (κ3) is 9.60. The van der Waals surface area contributed by atoms with Crippen molar-refractivity contribution in [3.8, 4) is 0 Å². The molecular weight excluding hydrogens is 689 g/mol. The van der Waals surface area contributed by atoms with Gasteiger partial charge in [-0.25, -0.2) is 21.6 Å². The van der Waals surface area contributed by atoms with Crippen LogP contribution in [0.1, 0.15) is 60.3 Å². The maximum atomic E-state index is 13.4. The van der Waals surface area contributed by atoms with E-state index in [1.165, 1.54) is 4.31 Å². The fourth-order valence-corrected chi connectivity index (χ4v) is 9.76. The number of carbonyl (C=O) groups excluding carboxylic acids is 1. The summed E-state index contributed by atoms with van der Waals surface area (Å²) in [6.07, 6.45) is 9.68. The van der Waals surface area contributed by atoms with Gasteiger partial charge >= 0.3 is 6.09 Å². The Bertz CT molecular complexity index is 2040. The van der Waals surface area contributed by atoms with Gasteiger partial charge in [0.2, 0.25) is 20.0 Å². The van der Waals surface area contributed by atoms with E-state index in [0.29, 0.717) is 44.0 Å². The molecule has 4 aromatic rings. The van der Waals surface area contributed by atoms with Crippen LogP contribution in [0.2, 0.25) is 0 Å². The Morgan fingerprint density at radius 1 is 0.725 bits per heavy atom. The molecule has 0 radical (unpaired) electrons. The molecule has 1 amide bonds. The number of ether oxygens (including phenoxy) is 1. The maximum Gasteiger partial charge on any atom is 0.410 e. The number of sulfonamides is 2. The second kappa shape index (κ2) is 16.3. The number of hydrogen-bond acceptors (Lipinski definition) is 9. The minimum atomic E-state index is -3.69. The second-order valence-electron chi connectivity index (χ2n) is 14.2. The number of nitrogens with zero attached hydrogens (tertiary/aromatic N) is 5. The number of rotatable bonds is 4. The third-order valence-electron chi connectivity index (χ3n) is 9.04. The van der Waals surface area contributed by atoms with Crippen LogP contribution in [0.4, 0.5) is 4.79 Å². The molecule has 1 N–H and O–H groups in total. The molecule has 2 aliphatic rings. The third-order valence-corrected chi connectivity index (χ3v) is 13.1. The largest absolute Gasteiger partial charge is 0.444 e. The molecule has 2 atom stereocenters. The van der Waals surface area contributed by atoms with E-state index in [-0.39, 0.29) is 17.0 Å². The molecular formula is C37H50N6O6S2. The number of aromatic nitrogens is 2. The zero-order valence-electron chi connectivity index (χ0n) is 30.2. The van der Waals surface area contributed by atoms with Crippen LogP contribution in [-0.2, 0) is 24.8 Å². The zero-order chi connectivity index (χ0) is 36.8. The van der Waals surface area contributed by atoms with Crippen LogP contribution in [-0.4, -0.2) is 103 Å². The molecule has 2 aliphatic heterocycles. The van der Waals surface area contributed by atoms with Gasteiger partial charge in [-0.15, -0.1) is 0 Å². The van der Waals surface area contributed by atoms with Gasteiger partial charge in [0.05, 0.1) is 9.79 Å². The molecule has 0 aliphatic carbocycles. The van der Waals surface area contributed by atoms with Crippen LogP contribution in [0, 0.1) is 0 Å². The predicted octanol–water partition coefficient (Wildman–Crippen LogP) is 5.64. The van der Waals surface area contributed by atoms with Crippen molar-refractivity contribution in [2.24, 2.45) is 0 Å². The highest BCUT2D eigenvalue weighted by Gasteiger charge is 2.34. The average molecular weight is 739 g/mol. The Labute approximate surface area is 302 Å². The molecule has 0 saturated carbocycles. The monoisotopic (exact) mass is 738 g/mol. The first kappa shape index (κ1) is 38.5. The van der Waals surface area contributed by atoms with Gasteiger partial charge in [0.15, 0.2) is 0 Å². The average Bonchev–Trinajstić information content (AvgIpc) is 3.07. The molecule has 276 valence electrons. The van der Waals surface area contributed by atoms with Crippen LogP contribution in [0.3, 0.4) is 0 Å². The summed E-state index contributed by atoms with van der Waals surface area (Å²) in [7, 11) is -7.16. The van der Waals surface area contributed by atoms with Crippen molar-refractivity contribution < 1.29 is 26.4 Å². The van der Waals surface area contributed by atoms with E-state index < -0.39 is 31.7 Å². The molecule has 12 nitrogen and oxygen atoms in total. The molecule has 4 heterocycles. The van der Waals surface area contributed by atoms with Crippen molar-refractivity contribution in [2.75, 3.05) is 39.3 Å². The quantitative estimate of drug-likeness (QED) is 0.282. The summed E-state index contributed by atoms with van der Waals surface area (Å²) in [5.41, 5.74) is -0.589. The van der Waals surface area contributed by atoms with Crippen LogP contribution in [0.5, 0.6) is 0 Å². The van der Waals surface area contributed by atoms with E-state index in [4.69, 9.17) is 4.74 Å². The summed E-state index contributed by atoms with van der Waals surface area (Å²) < 4.78 is 61.4. The molecule has 14 heteroatoms. The van der Waals surface area contributed by atoms with Crippen molar-refractivity contribution >= 4 is 47.7 Å². The first-order valence-corrected chi connectivity index (χ1v) is 20.4. The molecule has 2 saturated heterocycles. The molecule has 2 fully saturated rings. The molecule has 2 aromatic heterocycles. The van der Waals surface area contributed by atoms with Gasteiger partial charge in [0, 0.05) is 80.4 Å². The zero-order valence-corrected chi connectivity index (χ0v) is 31.8. The summed E-state index contributed by atoms with van der Waals surface area (Å²) in [5.74, 6) is 0. The fourth-order valence-electron chi connectivity index (χ4n) is 6.36. The van der Waals surface area contributed by atoms with Crippen LogP contribution in [0.25, 0.3) is 21.5 Å². The highest BCUT2D eigenvalue weighted by Crippen LogP contribution is 2.26. The highest BCUT2D eigenvalue weighted by atomic mass is 32.2. The van der Waals surface area contributed by atoms with Gasteiger partial charge in [-0.05, 0) is 114 Å². The summed E-state index contributed by atoms with van der Waals surface area (Å²) in [4.78, 5) is 22.9. The lowest BCUT2D eigenvalue weighted by molar-refractivity contribution is 0.0197. The molecule has 2 aromatic carbocycles. The van der Waals surface area contributed by atoms with E-state index in [2.05, 4.69) is 15.3 Å². The van der Waals surface area contributed by atoms with Gasteiger partial charge < -0.3 is 15.0 Å². The minimum absolute atomic E-state index is 0.0431. The first-order chi connectivity index (χ1) is 24.2. The van der Waals surface area contributed by atoms with Crippen LogP contribution >= 0.6 is 0 Å². The Morgan fingerprint density at radius 2 is 1.24 bits per heavy atom. The number of carbonyl (C=O) groups is 1. The van der Waals surface area contributed by atoms with Crippen LogP contribution < -0.4 is 5.32 Å². The van der Waals surface area contributed by atoms with Gasteiger partial charge in [-0.3, -0.25) is 9.97 Å². The van der Waals surface area contributed by atoms with Crippen molar-refractivity contribution in [1.82, 2.24) is 28.8 Å². The van der Waals surface area contributed by atoms with Gasteiger partial charge in [-0.2, -0.15) is 8.61 Å². The van der Waals surface area contributed by atoms with E-state index >= 15 is 0 Å². The number of fused-ring (bicyclic) bond motifs is 2. The number of benzene rings is 2. The van der Waals surface area contributed by atoms with Crippen LogP contribution in [0.15, 0.2) is 83.1 Å². The molecule has 6 rings (SSSR count). The maximum absolute atomic E-state index is 13.4. The number of nitrogens with one attached hydrogen (secondary N) is 1. The SMILES string of the molecule is C[C@@H]1CN(C(=O)OC(C)(C)C)CCCCN1S(=O)(=O)c1ccc2cnccc2c1.C[C@@H]1CNCCCCN1S(=O)(=O)c1ccc2cnccc2c1. The smallest absolute Gasteiger partial charge is 0.410 e. The van der Waals surface area contributed by atoms with Crippen molar-refractivity contribution in [3.63, 3.8) is 0 Å². The summed E-state index contributed by atoms with van der Waals surface area (Å²) in [6, 6.07) is 13.6. The molecule has 0 unspecified atom stereocenters. The lowest BCUT2D eigenvalue weighted by atomic mass is 10.2. The van der Waals surface area contributed by atoms with Gasteiger partial charge in [0.1, 0.15) is 5.60 Å². The minimum Gasteiger partial charge on any atom is -0.444 e. The molecule has 51 heavy (non-hydrogen) atoms. The Hall–Kier alpha value is -3.69.